The number of ether oxygens (including phenoxy) is 2. The SMILES string of the molecule is CCCCCC(=O)Oc1ccccc1-c1cc(=O)c2c(O)cc(OC)cc2o1. The highest BCUT2D eigenvalue weighted by Crippen LogP contribution is 2.34. The van der Waals surface area contributed by atoms with E-state index in [0.717, 1.165) is 19.3 Å². The predicted molar refractivity (Wildman–Crippen MR) is 106 cm³/mol. The number of fused-ring (bicyclic) bond motifs is 1. The molecule has 0 radical (unpaired) electrons. The van der Waals surface area contributed by atoms with Gasteiger partial charge >= 0.3 is 5.97 Å². The van der Waals surface area contributed by atoms with E-state index < -0.39 is 5.43 Å². The van der Waals surface area contributed by atoms with Crippen molar-refractivity contribution in [1.29, 1.82) is 0 Å². The summed E-state index contributed by atoms with van der Waals surface area (Å²) in [6.07, 6.45) is 3.07. The molecule has 6 heteroatoms. The third-order valence-electron chi connectivity index (χ3n) is 4.38. The number of hydrogen-bond donors (Lipinski definition) is 1. The number of benzene rings is 2. The van der Waals surface area contributed by atoms with Gasteiger partial charge in [0.25, 0.3) is 0 Å². The molecule has 28 heavy (non-hydrogen) atoms. The van der Waals surface area contributed by atoms with Crippen LogP contribution in [0.3, 0.4) is 0 Å². The quantitative estimate of drug-likeness (QED) is 0.363. The third kappa shape index (κ3) is 4.17. The maximum Gasteiger partial charge on any atom is 0.311 e. The lowest BCUT2D eigenvalue weighted by atomic mass is 10.1. The maximum atomic E-state index is 12.5. The molecule has 0 aliphatic heterocycles. The van der Waals surface area contributed by atoms with Gasteiger partial charge in [0.1, 0.15) is 34.0 Å². The molecule has 0 atom stereocenters. The van der Waals surface area contributed by atoms with E-state index >= 15 is 0 Å². The number of carbonyl (C=O) groups excluding carboxylic acids is 1. The third-order valence-corrected chi connectivity index (χ3v) is 4.38. The van der Waals surface area contributed by atoms with Crippen LogP contribution in [0.1, 0.15) is 32.6 Å². The van der Waals surface area contributed by atoms with Crippen LogP contribution in [0.15, 0.2) is 51.7 Å². The monoisotopic (exact) mass is 382 g/mol. The number of unbranched alkanes of at least 4 members (excludes halogenated alkanes) is 2. The smallest absolute Gasteiger partial charge is 0.311 e. The molecule has 146 valence electrons. The maximum absolute atomic E-state index is 12.5. The molecule has 0 amide bonds. The summed E-state index contributed by atoms with van der Waals surface area (Å²) in [6, 6.07) is 11.0. The Hall–Kier alpha value is -3.28. The number of carbonyl (C=O) groups is 1. The van der Waals surface area contributed by atoms with Crippen LogP contribution in [-0.4, -0.2) is 18.2 Å². The van der Waals surface area contributed by atoms with E-state index in [-0.39, 0.29) is 28.4 Å². The molecule has 3 aromatic rings. The second-order valence-electron chi connectivity index (χ2n) is 6.42. The van der Waals surface area contributed by atoms with E-state index in [4.69, 9.17) is 13.9 Å². The van der Waals surface area contributed by atoms with Crippen LogP contribution in [0.25, 0.3) is 22.3 Å². The first-order valence-corrected chi connectivity index (χ1v) is 9.18. The van der Waals surface area contributed by atoms with E-state index in [1.807, 2.05) is 0 Å². The summed E-state index contributed by atoms with van der Waals surface area (Å²) < 4.78 is 16.5. The van der Waals surface area contributed by atoms with E-state index in [0.29, 0.717) is 23.5 Å². The number of rotatable bonds is 7. The summed E-state index contributed by atoms with van der Waals surface area (Å²) in [5.41, 5.74) is 0.261. The first-order valence-electron chi connectivity index (χ1n) is 9.18. The van der Waals surface area contributed by atoms with Gasteiger partial charge in [-0.05, 0) is 18.6 Å². The average molecular weight is 382 g/mol. The zero-order valence-corrected chi connectivity index (χ0v) is 15.9. The number of esters is 1. The first kappa shape index (κ1) is 19.5. The predicted octanol–water partition coefficient (Wildman–Crippen LogP) is 4.66. The van der Waals surface area contributed by atoms with Gasteiger partial charge in [0.15, 0.2) is 5.43 Å². The molecule has 0 aliphatic rings. The zero-order chi connectivity index (χ0) is 20.1. The van der Waals surface area contributed by atoms with E-state index in [1.165, 1.54) is 25.3 Å². The van der Waals surface area contributed by atoms with Gasteiger partial charge in [-0.2, -0.15) is 0 Å². The topological polar surface area (TPSA) is 86.0 Å². The van der Waals surface area contributed by atoms with Crippen LogP contribution in [0.2, 0.25) is 0 Å². The summed E-state index contributed by atoms with van der Waals surface area (Å²) in [6.45, 7) is 2.06. The Labute approximate surface area is 162 Å². The molecule has 6 nitrogen and oxygen atoms in total. The molecule has 1 heterocycles. The van der Waals surface area contributed by atoms with Crippen molar-refractivity contribution in [2.24, 2.45) is 0 Å². The van der Waals surface area contributed by atoms with Crippen LogP contribution in [0.5, 0.6) is 17.2 Å². The summed E-state index contributed by atoms with van der Waals surface area (Å²) >= 11 is 0. The Morgan fingerprint density at radius 3 is 2.68 bits per heavy atom. The second-order valence-corrected chi connectivity index (χ2v) is 6.42. The van der Waals surface area contributed by atoms with Gasteiger partial charge in [0.05, 0.1) is 12.7 Å². The molecule has 0 bridgehead atoms. The van der Waals surface area contributed by atoms with Gasteiger partial charge in [-0.1, -0.05) is 31.9 Å². The van der Waals surface area contributed by atoms with Crippen molar-refractivity contribution in [3.63, 3.8) is 0 Å². The molecule has 2 aromatic carbocycles. The molecule has 0 fully saturated rings. The minimum absolute atomic E-state index is 0.0681. The molecule has 1 N–H and O–H groups in total. The lowest BCUT2D eigenvalue weighted by Crippen LogP contribution is -2.08. The van der Waals surface area contributed by atoms with Gasteiger partial charge in [-0.3, -0.25) is 9.59 Å². The summed E-state index contributed by atoms with van der Waals surface area (Å²) in [4.78, 5) is 24.6. The van der Waals surface area contributed by atoms with Gasteiger partial charge < -0.3 is 19.0 Å². The fourth-order valence-corrected chi connectivity index (χ4v) is 2.95. The number of aromatic hydroxyl groups is 1. The Balaban J connectivity index is 2.01. The molecule has 0 unspecified atom stereocenters. The Morgan fingerprint density at radius 1 is 1.14 bits per heavy atom. The van der Waals surface area contributed by atoms with E-state index in [2.05, 4.69) is 6.92 Å². The number of phenols is 1. The number of hydrogen-bond acceptors (Lipinski definition) is 6. The van der Waals surface area contributed by atoms with Crippen molar-refractivity contribution in [3.05, 3.63) is 52.7 Å². The largest absolute Gasteiger partial charge is 0.507 e. The molecule has 0 saturated carbocycles. The van der Waals surface area contributed by atoms with Crippen molar-refractivity contribution in [1.82, 2.24) is 0 Å². The molecular formula is C22H22O6. The number of para-hydroxylation sites is 1. The molecule has 0 aliphatic carbocycles. The van der Waals surface area contributed by atoms with Crippen molar-refractivity contribution >= 4 is 16.9 Å². The van der Waals surface area contributed by atoms with Crippen LogP contribution in [0.4, 0.5) is 0 Å². The fourth-order valence-electron chi connectivity index (χ4n) is 2.95. The van der Waals surface area contributed by atoms with Gasteiger partial charge in [-0.15, -0.1) is 0 Å². The lowest BCUT2D eigenvalue weighted by molar-refractivity contribution is -0.134. The number of methoxy groups -OCH3 is 1. The zero-order valence-electron chi connectivity index (χ0n) is 15.9. The normalized spacial score (nSPS) is 10.8. The van der Waals surface area contributed by atoms with Gasteiger partial charge in [0.2, 0.25) is 0 Å². The van der Waals surface area contributed by atoms with Crippen molar-refractivity contribution in [2.45, 2.75) is 32.6 Å². The van der Waals surface area contributed by atoms with Crippen LogP contribution in [-0.2, 0) is 4.79 Å². The molecule has 1 aromatic heterocycles. The molecule has 3 rings (SSSR count). The highest BCUT2D eigenvalue weighted by molar-refractivity contribution is 5.86. The fraction of sp³-hybridized carbons (Fsp3) is 0.273. The van der Waals surface area contributed by atoms with E-state index in [1.54, 1.807) is 24.3 Å². The van der Waals surface area contributed by atoms with Crippen molar-refractivity contribution < 1.29 is 23.8 Å². The van der Waals surface area contributed by atoms with Crippen LogP contribution >= 0.6 is 0 Å². The minimum Gasteiger partial charge on any atom is -0.507 e. The summed E-state index contributed by atoms with van der Waals surface area (Å²) in [5.74, 6) is 0.371. The second kappa shape index (κ2) is 8.61. The average Bonchev–Trinajstić information content (AvgIpc) is 2.67. The highest BCUT2D eigenvalue weighted by atomic mass is 16.5. The Bertz CT molecular complexity index is 1050. The molecular weight excluding hydrogens is 360 g/mol. The molecule has 0 spiro atoms. The first-order chi connectivity index (χ1) is 13.5. The lowest BCUT2D eigenvalue weighted by Gasteiger charge is -2.11. The summed E-state index contributed by atoms with van der Waals surface area (Å²) in [7, 11) is 1.45. The van der Waals surface area contributed by atoms with Gasteiger partial charge in [0, 0.05) is 24.6 Å². The van der Waals surface area contributed by atoms with Crippen molar-refractivity contribution in [3.8, 4) is 28.6 Å². The van der Waals surface area contributed by atoms with Gasteiger partial charge in [-0.25, -0.2) is 0 Å². The van der Waals surface area contributed by atoms with Crippen molar-refractivity contribution in [2.75, 3.05) is 7.11 Å². The van der Waals surface area contributed by atoms with Crippen LogP contribution in [0, 0.1) is 0 Å². The Morgan fingerprint density at radius 2 is 1.93 bits per heavy atom. The minimum atomic E-state index is -0.402. The standard InChI is InChI=1S/C22H22O6/c1-3-4-5-10-21(25)28-18-9-7-6-8-15(18)19-13-17(24)22-16(23)11-14(26-2)12-20(22)27-19/h6-9,11-13,23H,3-5,10H2,1-2H3. The van der Waals surface area contributed by atoms with Crippen LogP contribution < -0.4 is 14.9 Å². The van der Waals surface area contributed by atoms with E-state index in [9.17, 15) is 14.7 Å². The molecule has 0 saturated heterocycles. The number of phenolic OH excluding ortho intramolecular Hbond substituents is 1. The summed E-state index contributed by atoms with van der Waals surface area (Å²) in [5, 5.41) is 10.2. The highest BCUT2D eigenvalue weighted by Gasteiger charge is 2.16. The Kier molecular flexibility index (Phi) is 5.99.